The molecule has 0 saturated heterocycles. The Morgan fingerprint density at radius 2 is 2.05 bits per heavy atom. The summed E-state index contributed by atoms with van der Waals surface area (Å²) >= 11 is 0. The van der Waals surface area contributed by atoms with Gasteiger partial charge in [0.1, 0.15) is 23.1 Å². The quantitative estimate of drug-likeness (QED) is 0.695. The Labute approximate surface area is 123 Å². The highest BCUT2D eigenvalue weighted by molar-refractivity contribution is 5.91. The molecule has 0 aliphatic heterocycles. The van der Waals surface area contributed by atoms with Gasteiger partial charge in [0.05, 0.1) is 11.3 Å². The molecule has 114 valence electrons. The maximum absolute atomic E-state index is 13.4. The number of halogens is 2. The molecule has 22 heavy (non-hydrogen) atoms. The standard InChI is InChI=1S/C14H11F2N3O3/c1-8-12(19(21)22)4-5-13(17-8)18-14(20)7-9-6-10(15)2-3-11(9)16/h2-6H,7H2,1H3,(H,17,18,20). The van der Waals surface area contributed by atoms with E-state index in [0.29, 0.717) is 0 Å². The maximum Gasteiger partial charge on any atom is 0.290 e. The number of aromatic nitrogens is 1. The number of benzene rings is 1. The third-order valence-corrected chi connectivity index (χ3v) is 2.88. The van der Waals surface area contributed by atoms with E-state index in [1.54, 1.807) is 0 Å². The smallest absolute Gasteiger partial charge is 0.290 e. The van der Waals surface area contributed by atoms with Gasteiger partial charge in [0.15, 0.2) is 0 Å². The summed E-state index contributed by atoms with van der Waals surface area (Å²) < 4.78 is 26.5. The molecule has 0 atom stereocenters. The highest BCUT2D eigenvalue weighted by Crippen LogP contribution is 2.18. The van der Waals surface area contributed by atoms with Crippen molar-refractivity contribution in [2.45, 2.75) is 13.3 Å². The molecule has 2 rings (SSSR count). The number of aryl methyl sites for hydroxylation is 1. The molecule has 0 fully saturated rings. The molecular formula is C14H11F2N3O3. The van der Waals surface area contributed by atoms with Crippen molar-refractivity contribution >= 4 is 17.4 Å². The van der Waals surface area contributed by atoms with E-state index in [1.165, 1.54) is 19.1 Å². The third kappa shape index (κ3) is 3.60. The van der Waals surface area contributed by atoms with Gasteiger partial charge in [-0.3, -0.25) is 14.9 Å². The van der Waals surface area contributed by atoms with Gasteiger partial charge in [-0.05, 0) is 31.2 Å². The first kappa shape index (κ1) is 15.5. The van der Waals surface area contributed by atoms with Crippen LogP contribution in [0.2, 0.25) is 0 Å². The molecule has 1 aromatic heterocycles. The zero-order valence-corrected chi connectivity index (χ0v) is 11.5. The van der Waals surface area contributed by atoms with Crippen molar-refractivity contribution in [3.05, 3.63) is 63.3 Å². The van der Waals surface area contributed by atoms with Crippen LogP contribution in [0.4, 0.5) is 20.3 Å². The molecule has 0 bridgehead atoms. The molecule has 0 saturated carbocycles. The Morgan fingerprint density at radius 3 is 2.68 bits per heavy atom. The molecule has 8 heteroatoms. The normalized spacial score (nSPS) is 10.3. The highest BCUT2D eigenvalue weighted by atomic mass is 19.1. The van der Waals surface area contributed by atoms with Crippen LogP contribution >= 0.6 is 0 Å². The number of nitrogens with one attached hydrogen (secondary N) is 1. The first-order valence-corrected chi connectivity index (χ1v) is 6.22. The lowest BCUT2D eigenvalue weighted by molar-refractivity contribution is -0.385. The number of nitro groups is 1. The van der Waals surface area contributed by atoms with Crippen molar-refractivity contribution < 1.29 is 18.5 Å². The summed E-state index contributed by atoms with van der Waals surface area (Å²) in [4.78, 5) is 25.8. The van der Waals surface area contributed by atoms with Gasteiger partial charge in [-0.2, -0.15) is 0 Å². The molecule has 0 radical (unpaired) electrons. The van der Waals surface area contributed by atoms with Gasteiger partial charge in [-0.1, -0.05) is 0 Å². The van der Waals surface area contributed by atoms with Crippen LogP contribution in [0.25, 0.3) is 0 Å². The minimum Gasteiger partial charge on any atom is -0.310 e. The predicted molar refractivity (Wildman–Crippen MR) is 74.3 cm³/mol. The largest absolute Gasteiger partial charge is 0.310 e. The van der Waals surface area contributed by atoms with Crippen LogP contribution in [-0.4, -0.2) is 15.8 Å². The number of rotatable bonds is 4. The average molecular weight is 307 g/mol. The summed E-state index contributed by atoms with van der Waals surface area (Å²) in [6.07, 6.45) is -0.374. The van der Waals surface area contributed by atoms with Gasteiger partial charge in [0.25, 0.3) is 5.69 Å². The lowest BCUT2D eigenvalue weighted by atomic mass is 10.1. The number of anilines is 1. The van der Waals surface area contributed by atoms with E-state index in [0.717, 1.165) is 18.2 Å². The molecule has 1 N–H and O–H groups in total. The number of pyridine rings is 1. The molecule has 0 aliphatic rings. The third-order valence-electron chi connectivity index (χ3n) is 2.88. The van der Waals surface area contributed by atoms with Gasteiger partial charge >= 0.3 is 0 Å². The van der Waals surface area contributed by atoms with Crippen molar-refractivity contribution in [3.8, 4) is 0 Å². The summed E-state index contributed by atoms with van der Waals surface area (Å²) in [5.74, 6) is -1.84. The Hall–Kier alpha value is -2.90. The second kappa shape index (κ2) is 6.25. The Balaban J connectivity index is 2.11. The summed E-state index contributed by atoms with van der Waals surface area (Å²) in [6, 6.07) is 5.30. The molecule has 6 nitrogen and oxygen atoms in total. The minimum absolute atomic E-state index is 0.0869. The van der Waals surface area contributed by atoms with E-state index in [9.17, 15) is 23.7 Å². The number of amides is 1. The van der Waals surface area contributed by atoms with E-state index in [4.69, 9.17) is 0 Å². The topological polar surface area (TPSA) is 85.1 Å². The van der Waals surface area contributed by atoms with Gasteiger partial charge < -0.3 is 5.32 Å². The van der Waals surface area contributed by atoms with E-state index in [1.807, 2.05) is 0 Å². The number of nitrogens with zero attached hydrogens (tertiary/aromatic N) is 2. The van der Waals surface area contributed by atoms with Gasteiger partial charge in [0, 0.05) is 11.6 Å². The van der Waals surface area contributed by atoms with Crippen molar-refractivity contribution in [2.24, 2.45) is 0 Å². The summed E-state index contributed by atoms with van der Waals surface area (Å²) in [7, 11) is 0. The van der Waals surface area contributed by atoms with Crippen LogP contribution in [0.1, 0.15) is 11.3 Å². The van der Waals surface area contributed by atoms with Crippen molar-refractivity contribution in [1.82, 2.24) is 4.98 Å². The van der Waals surface area contributed by atoms with Crippen LogP contribution in [0.3, 0.4) is 0 Å². The van der Waals surface area contributed by atoms with Crippen LogP contribution in [0, 0.1) is 28.7 Å². The van der Waals surface area contributed by atoms with Crippen LogP contribution < -0.4 is 5.32 Å². The second-order valence-corrected chi connectivity index (χ2v) is 4.52. The Morgan fingerprint density at radius 1 is 1.32 bits per heavy atom. The van der Waals surface area contributed by atoms with Crippen LogP contribution in [0.5, 0.6) is 0 Å². The highest BCUT2D eigenvalue weighted by Gasteiger charge is 2.14. The average Bonchev–Trinajstić information content (AvgIpc) is 2.42. The van der Waals surface area contributed by atoms with Crippen LogP contribution in [-0.2, 0) is 11.2 Å². The van der Waals surface area contributed by atoms with Crippen molar-refractivity contribution in [2.75, 3.05) is 5.32 Å². The SMILES string of the molecule is Cc1nc(NC(=O)Cc2cc(F)ccc2F)ccc1[N+](=O)[O-]. The molecular weight excluding hydrogens is 296 g/mol. The van der Waals surface area contributed by atoms with E-state index in [-0.39, 0.29) is 29.2 Å². The number of carbonyl (C=O) groups excluding carboxylic acids is 1. The lowest BCUT2D eigenvalue weighted by Gasteiger charge is -2.06. The first-order valence-electron chi connectivity index (χ1n) is 6.22. The van der Waals surface area contributed by atoms with Crippen molar-refractivity contribution in [1.29, 1.82) is 0 Å². The monoisotopic (exact) mass is 307 g/mol. The van der Waals surface area contributed by atoms with E-state index >= 15 is 0 Å². The van der Waals surface area contributed by atoms with E-state index < -0.39 is 22.5 Å². The van der Waals surface area contributed by atoms with E-state index in [2.05, 4.69) is 10.3 Å². The van der Waals surface area contributed by atoms with Gasteiger partial charge in [-0.25, -0.2) is 13.8 Å². The Bertz CT molecular complexity index is 750. The number of carbonyl (C=O) groups is 1. The van der Waals surface area contributed by atoms with Crippen molar-refractivity contribution in [3.63, 3.8) is 0 Å². The predicted octanol–water partition coefficient (Wildman–Crippen LogP) is 2.76. The zero-order chi connectivity index (χ0) is 16.3. The molecule has 0 unspecified atom stereocenters. The fourth-order valence-corrected chi connectivity index (χ4v) is 1.86. The number of hydrogen-bond donors (Lipinski definition) is 1. The second-order valence-electron chi connectivity index (χ2n) is 4.52. The summed E-state index contributed by atoms with van der Waals surface area (Å²) in [5, 5.41) is 13.0. The summed E-state index contributed by atoms with van der Waals surface area (Å²) in [6.45, 7) is 1.43. The van der Waals surface area contributed by atoms with Crippen LogP contribution in [0.15, 0.2) is 30.3 Å². The summed E-state index contributed by atoms with van der Waals surface area (Å²) in [5.41, 5.74) is -0.120. The maximum atomic E-state index is 13.4. The molecule has 1 heterocycles. The molecule has 1 amide bonds. The zero-order valence-electron chi connectivity index (χ0n) is 11.5. The minimum atomic E-state index is -0.690. The van der Waals surface area contributed by atoms with Gasteiger partial charge in [-0.15, -0.1) is 0 Å². The molecule has 0 aliphatic carbocycles. The number of hydrogen-bond acceptors (Lipinski definition) is 4. The fourth-order valence-electron chi connectivity index (χ4n) is 1.86. The molecule has 1 aromatic carbocycles. The first-order chi connectivity index (χ1) is 10.4. The fraction of sp³-hybridized carbons (Fsp3) is 0.143. The molecule has 2 aromatic rings. The Kier molecular flexibility index (Phi) is 4.40. The molecule has 0 spiro atoms. The lowest BCUT2D eigenvalue weighted by Crippen LogP contribution is -2.16. The van der Waals surface area contributed by atoms with Gasteiger partial charge in [0.2, 0.25) is 5.91 Å².